The van der Waals surface area contributed by atoms with Gasteiger partial charge < -0.3 is 15.8 Å². The molecule has 1 atom stereocenters. The van der Waals surface area contributed by atoms with E-state index in [9.17, 15) is 18.0 Å². The van der Waals surface area contributed by atoms with Crippen LogP contribution in [0.3, 0.4) is 0 Å². The molecule has 114 valence electrons. The van der Waals surface area contributed by atoms with E-state index in [0.29, 0.717) is 6.42 Å². The van der Waals surface area contributed by atoms with Crippen LogP contribution in [0.1, 0.15) is 19.8 Å². The lowest BCUT2D eigenvalue weighted by molar-refractivity contribution is -0.274. The summed E-state index contributed by atoms with van der Waals surface area (Å²) in [5, 5.41) is 2.44. The average molecular weight is 313 g/mol. The molecule has 4 nitrogen and oxygen atoms in total. The number of rotatable bonds is 5. The molecule has 1 amide bonds. The van der Waals surface area contributed by atoms with Crippen LogP contribution in [0.4, 0.5) is 18.9 Å². The average Bonchev–Trinajstić information content (AvgIpc) is 2.27. The lowest BCUT2D eigenvalue weighted by Gasteiger charge is -2.13. The Balaban J connectivity index is 0.00000361. The predicted octanol–water partition coefficient (Wildman–Crippen LogP) is 3.07. The van der Waals surface area contributed by atoms with Crippen molar-refractivity contribution < 1.29 is 22.7 Å². The lowest BCUT2D eigenvalue weighted by atomic mass is 10.1. The lowest BCUT2D eigenvalue weighted by Crippen LogP contribution is -2.35. The van der Waals surface area contributed by atoms with E-state index in [1.807, 2.05) is 6.92 Å². The van der Waals surface area contributed by atoms with Gasteiger partial charge in [-0.25, -0.2) is 0 Å². The summed E-state index contributed by atoms with van der Waals surface area (Å²) in [6.45, 7) is 1.88. The smallest absolute Gasteiger partial charge is 0.406 e. The quantitative estimate of drug-likeness (QED) is 0.878. The summed E-state index contributed by atoms with van der Waals surface area (Å²) in [7, 11) is 0. The predicted molar refractivity (Wildman–Crippen MR) is 71.9 cm³/mol. The number of benzene rings is 1. The molecule has 0 saturated carbocycles. The van der Waals surface area contributed by atoms with Crippen LogP contribution in [0.15, 0.2) is 24.3 Å². The third-order valence-electron chi connectivity index (χ3n) is 2.27. The van der Waals surface area contributed by atoms with Gasteiger partial charge in [0.05, 0.1) is 6.04 Å². The normalized spacial score (nSPS) is 12.2. The van der Waals surface area contributed by atoms with Crippen LogP contribution in [0.2, 0.25) is 0 Å². The summed E-state index contributed by atoms with van der Waals surface area (Å²) in [6, 6.07) is 4.36. The standard InChI is InChI=1S/C12H15F3N2O2.ClH/c1-2-4-10(16)11(18)17-8-5-3-6-9(7-8)19-12(13,14)15;/h3,5-7,10H,2,4,16H2,1H3,(H,17,18);1H. The number of ether oxygens (including phenoxy) is 1. The molecule has 0 aliphatic rings. The summed E-state index contributed by atoms with van der Waals surface area (Å²) in [6.07, 6.45) is -3.52. The maximum absolute atomic E-state index is 12.0. The van der Waals surface area contributed by atoms with Gasteiger partial charge in [-0.1, -0.05) is 19.4 Å². The monoisotopic (exact) mass is 312 g/mol. The van der Waals surface area contributed by atoms with E-state index in [0.717, 1.165) is 18.6 Å². The molecule has 0 spiro atoms. The number of amides is 1. The van der Waals surface area contributed by atoms with E-state index in [4.69, 9.17) is 5.73 Å². The molecule has 0 bridgehead atoms. The topological polar surface area (TPSA) is 64.4 Å². The summed E-state index contributed by atoms with van der Waals surface area (Å²) < 4.78 is 39.9. The molecular formula is C12H16ClF3N2O2. The Morgan fingerprint density at radius 2 is 2.10 bits per heavy atom. The van der Waals surface area contributed by atoms with Gasteiger partial charge in [0.25, 0.3) is 0 Å². The molecule has 0 radical (unpaired) electrons. The van der Waals surface area contributed by atoms with Crippen LogP contribution in [-0.4, -0.2) is 18.3 Å². The van der Waals surface area contributed by atoms with Crippen molar-refractivity contribution in [1.29, 1.82) is 0 Å². The molecule has 0 aromatic heterocycles. The van der Waals surface area contributed by atoms with E-state index in [1.165, 1.54) is 12.1 Å². The highest BCUT2D eigenvalue weighted by Crippen LogP contribution is 2.25. The molecule has 0 fully saturated rings. The van der Waals surface area contributed by atoms with Crippen LogP contribution in [0, 0.1) is 0 Å². The van der Waals surface area contributed by atoms with Crippen molar-refractivity contribution in [3.8, 4) is 5.75 Å². The molecule has 0 saturated heterocycles. The largest absolute Gasteiger partial charge is 0.573 e. The van der Waals surface area contributed by atoms with Crippen molar-refractivity contribution in [2.75, 3.05) is 5.32 Å². The first-order valence-electron chi connectivity index (χ1n) is 5.74. The first kappa shape index (κ1) is 18.5. The highest BCUT2D eigenvalue weighted by atomic mass is 35.5. The van der Waals surface area contributed by atoms with E-state index < -0.39 is 24.1 Å². The molecule has 1 aromatic rings. The molecule has 1 aromatic carbocycles. The van der Waals surface area contributed by atoms with Crippen molar-refractivity contribution >= 4 is 24.0 Å². The van der Waals surface area contributed by atoms with Crippen molar-refractivity contribution in [3.63, 3.8) is 0 Å². The fourth-order valence-corrected chi connectivity index (χ4v) is 1.45. The van der Waals surface area contributed by atoms with Gasteiger partial charge in [0, 0.05) is 11.8 Å². The maximum atomic E-state index is 12.0. The van der Waals surface area contributed by atoms with E-state index >= 15 is 0 Å². The zero-order valence-corrected chi connectivity index (χ0v) is 11.6. The molecular weight excluding hydrogens is 297 g/mol. The third-order valence-corrected chi connectivity index (χ3v) is 2.27. The molecule has 0 aliphatic heterocycles. The Morgan fingerprint density at radius 3 is 2.65 bits per heavy atom. The van der Waals surface area contributed by atoms with Crippen molar-refractivity contribution in [3.05, 3.63) is 24.3 Å². The zero-order valence-electron chi connectivity index (χ0n) is 10.7. The molecule has 0 heterocycles. The van der Waals surface area contributed by atoms with Gasteiger partial charge in [-0.15, -0.1) is 25.6 Å². The first-order valence-corrected chi connectivity index (χ1v) is 5.74. The molecule has 1 rings (SSSR count). The highest BCUT2D eigenvalue weighted by Gasteiger charge is 2.31. The Labute approximate surface area is 120 Å². The zero-order chi connectivity index (χ0) is 14.5. The highest BCUT2D eigenvalue weighted by molar-refractivity contribution is 5.94. The number of nitrogens with two attached hydrogens (primary N) is 1. The van der Waals surface area contributed by atoms with Crippen LogP contribution in [0.25, 0.3) is 0 Å². The van der Waals surface area contributed by atoms with Gasteiger partial charge in [-0.3, -0.25) is 4.79 Å². The minimum absolute atomic E-state index is 0. The number of anilines is 1. The maximum Gasteiger partial charge on any atom is 0.573 e. The number of nitrogens with one attached hydrogen (secondary N) is 1. The second kappa shape index (κ2) is 7.96. The second-order valence-corrected chi connectivity index (χ2v) is 3.96. The van der Waals surface area contributed by atoms with Crippen LogP contribution < -0.4 is 15.8 Å². The Bertz CT molecular complexity index is 441. The van der Waals surface area contributed by atoms with Crippen LogP contribution in [0.5, 0.6) is 5.75 Å². The number of hydrogen-bond acceptors (Lipinski definition) is 3. The van der Waals surface area contributed by atoms with E-state index in [1.54, 1.807) is 0 Å². The van der Waals surface area contributed by atoms with Gasteiger partial charge in [0.2, 0.25) is 5.91 Å². The summed E-state index contributed by atoms with van der Waals surface area (Å²) in [4.78, 5) is 11.6. The fourth-order valence-electron chi connectivity index (χ4n) is 1.45. The second-order valence-electron chi connectivity index (χ2n) is 3.96. The number of carbonyl (C=O) groups excluding carboxylic acids is 1. The minimum Gasteiger partial charge on any atom is -0.406 e. The Hall–Kier alpha value is -1.47. The Morgan fingerprint density at radius 1 is 1.45 bits per heavy atom. The summed E-state index contributed by atoms with van der Waals surface area (Å²) in [5.41, 5.74) is 5.80. The number of carbonyl (C=O) groups is 1. The van der Waals surface area contributed by atoms with E-state index in [2.05, 4.69) is 10.1 Å². The molecule has 3 N–H and O–H groups in total. The molecule has 20 heavy (non-hydrogen) atoms. The van der Waals surface area contributed by atoms with Gasteiger partial charge in [0.15, 0.2) is 0 Å². The van der Waals surface area contributed by atoms with Gasteiger partial charge in [0.1, 0.15) is 5.75 Å². The van der Waals surface area contributed by atoms with Gasteiger partial charge >= 0.3 is 6.36 Å². The van der Waals surface area contributed by atoms with Crippen molar-refractivity contribution in [2.24, 2.45) is 5.73 Å². The summed E-state index contributed by atoms with van der Waals surface area (Å²) in [5.74, 6) is -0.833. The minimum atomic E-state index is -4.76. The third kappa shape index (κ3) is 6.63. The van der Waals surface area contributed by atoms with Crippen molar-refractivity contribution in [2.45, 2.75) is 32.2 Å². The fraction of sp³-hybridized carbons (Fsp3) is 0.417. The SMILES string of the molecule is CCCC(N)C(=O)Nc1cccc(OC(F)(F)F)c1.Cl. The van der Waals surface area contributed by atoms with Crippen LogP contribution in [-0.2, 0) is 4.79 Å². The molecule has 8 heteroatoms. The van der Waals surface area contributed by atoms with Crippen LogP contribution >= 0.6 is 12.4 Å². The number of alkyl halides is 3. The molecule has 1 unspecified atom stereocenters. The van der Waals surface area contributed by atoms with E-state index in [-0.39, 0.29) is 18.1 Å². The number of hydrogen-bond donors (Lipinski definition) is 2. The number of halogens is 4. The molecule has 0 aliphatic carbocycles. The van der Waals surface area contributed by atoms with Crippen molar-refractivity contribution in [1.82, 2.24) is 0 Å². The Kier molecular flexibility index (Phi) is 7.38. The van der Waals surface area contributed by atoms with Gasteiger partial charge in [-0.05, 0) is 18.6 Å². The van der Waals surface area contributed by atoms with Gasteiger partial charge in [-0.2, -0.15) is 0 Å². The first-order chi connectivity index (χ1) is 8.81. The summed E-state index contributed by atoms with van der Waals surface area (Å²) >= 11 is 0.